The molecular weight excluding hydrogens is 279 g/mol. The van der Waals surface area contributed by atoms with Gasteiger partial charge in [0.05, 0.1) is 9.95 Å². The number of hydrogen-bond acceptors (Lipinski definition) is 5. The van der Waals surface area contributed by atoms with Crippen LogP contribution in [0.4, 0.5) is 11.6 Å². The molecule has 0 saturated carbocycles. The van der Waals surface area contributed by atoms with Gasteiger partial charge < -0.3 is 5.73 Å². The van der Waals surface area contributed by atoms with Crippen LogP contribution in [-0.4, -0.2) is 14.9 Å². The number of rotatable bonds is 2. The molecule has 92 valence electrons. The van der Waals surface area contributed by atoms with Gasteiger partial charge in [-0.25, -0.2) is 9.97 Å². The lowest BCUT2D eigenvalue weighted by molar-refractivity contribution is -0.384. The Morgan fingerprint density at radius 2 is 2.06 bits per heavy atom. The second-order valence-electron chi connectivity index (χ2n) is 3.34. The van der Waals surface area contributed by atoms with Gasteiger partial charge in [-0.15, -0.1) is 0 Å². The van der Waals surface area contributed by atoms with E-state index in [1.165, 1.54) is 12.1 Å². The molecule has 0 fully saturated rings. The normalized spacial score (nSPS) is 10.3. The van der Waals surface area contributed by atoms with Crippen molar-refractivity contribution in [2.75, 3.05) is 5.73 Å². The highest BCUT2D eigenvalue weighted by molar-refractivity contribution is 6.35. The van der Waals surface area contributed by atoms with Crippen LogP contribution in [0.1, 0.15) is 0 Å². The number of aromatic nitrogens is 2. The van der Waals surface area contributed by atoms with Gasteiger partial charge >= 0.3 is 5.69 Å². The maximum atomic E-state index is 10.9. The standard InChI is InChI=1S/C10H6Cl2N4O2/c11-5-1-2-7(12)6(3-5)9-8(16(17)18)4-14-10(13)15-9/h1-4H,(H2,13,14,15). The van der Waals surface area contributed by atoms with Crippen LogP contribution in [-0.2, 0) is 0 Å². The fourth-order valence-electron chi connectivity index (χ4n) is 1.40. The average molecular weight is 285 g/mol. The highest BCUT2D eigenvalue weighted by Crippen LogP contribution is 2.34. The number of nitrogens with two attached hydrogens (primary N) is 1. The van der Waals surface area contributed by atoms with Crippen LogP contribution in [0.3, 0.4) is 0 Å². The van der Waals surface area contributed by atoms with Crippen LogP contribution in [0.15, 0.2) is 24.4 Å². The maximum Gasteiger partial charge on any atom is 0.313 e. The molecule has 1 aromatic heterocycles. The molecule has 0 aliphatic rings. The van der Waals surface area contributed by atoms with Gasteiger partial charge in [-0.3, -0.25) is 10.1 Å². The maximum absolute atomic E-state index is 10.9. The molecule has 0 spiro atoms. The molecule has 8 heteroatoms. The zero-order valence-corrected chi connectivity index (χ0v) is 10.3. The summed E-state index contributed by atoms with van der Waals surface area (Å²) in [6.45, 7) is 0. The molecule has 1 aromatic carbocycles. The highest BCUT2D eigenvalue weighted by Gasteiger charge is 2.20. The highest BCUT2D eigenvalue weighted by atomic mass is 35.5. The van der Waals surface area contributed by atoms with Gasteiger partial charge in [0.25, 0.3) is 0 Å². The van der Waals surface area contributed by atoms with E-state index in [4.69, 9.17) is 28.9 Å². The van der Waals surface area contributed by atoms with E-state index in [1.807, 2.05) is 0 Å². The number of halogens is 2. The Bertz CT molecular complexity index is 633. The van der Waals surface area contributed by atoms with E-state index in [-0.39, 0.29) is 17.3 Å². The molecule has 0 aliphatic carbocycles. The molecule has 0 amide bonds. The van der Waals surface area contributed by atoms with Crippen LogP contribution in [0.2, 0.25) is 10.0 Å². The molecule has 0 atom stereocenters. The van der Waals surface area contributed by atoms with Gasteiger partial charge in [0.1, 0.15) is 6.20 Å². The predicted molar refractivity (Wildman–Crippen MR) is 68.6 cm³/mol. The summed E-state index contributed by atoms with van der Waals surface area (Å²) in [6.07, 6.45) is 1.04. The van der Waals surface area contributed by atoms with Crippen LogP contribution < -0.4 is 5.73 Å². The van der Waals surface area contributed by atoms with Gasteiger partial charge in [-0.05, 0) is 18.2 Å². The molecule has 0 saturated heterocycles. The first kappa shape index (κ1) is 12.5. The molecule has 2 aromatic rings. The summed E-state index contributed by atoms with van der Waals surface area (Å²) in [4.78, 5) is 17.7. The van der Waals surface area contributed by atoms with E-state index >= 15 is 0 Å². The van der Waals surface area contributed by atoms with Gasteiger partial charge in [-0.1, -0.05) is 23.2 Å². The molecule has 1 heterocycles. The summed E-state index contributed by atoms with van der Waals surface area (Å²) in [7, 11) is 0. The van der Waals surface area contributed by atoms with Crippen molar-refractivity contribution in [1.82, 2.24) is 9.97 Å². The van der Waals surface area contributed by atoms with Crippen molar-refractivity contribution >= 4 is 34.8 Å². The van der Waals surface area contributed by atoms with Gasteiger partial charge in [0.15, 0.2) is 5.69 Å². The quantitative estimate of drug-likeness (QED) is 0.676. The van der Waals surface area contributed by atoms with Crippen molar-refractivity contribution in [2.24, 2.45) is 0 Å². The predicted octanol–water partition coefficient (Wildman–Crippen LogP) is 2.94. The Morgan fingerprint density at radius 1 is 1.33 bits per heavy atom. The minimum Gasteiger partial charge on any atom is -0.368 e. The molecule has 0 unspecified atom stereocenters. The molecule has 0 aliphatic heterocycles. The molecule has 2 N–H and O–H groups in total. The Balaban J connectivity index is 2.73. The van der Waals surface area contributed by atoms with E-state index in [9.17, 15) is 10.1 Å². The van der Waals surface area contributed by atoms with E-state index in [2.05, 4.69) is 9.97 Å². The minimum atomic E-state index is -0.605. The van der Waals surface area contributed by atoms with Crippen molar-refractivity contribution in [3.05, 3.63) is 44.6 Å². The monoisotopic (exact) mass is 284 g/mol. The topological polar surface area (TPSA) is 94.9 Å². The zero-order chi connectivity index (χ0) is 13.3. The molecule has 6 nitrogen and oxygen atoms in total. The fraction of sp³-hybridized carbons (Fsp3) is 0. The summed E-state index contributed by atoms with van der Waals surface area (Å²) in [5.41, 5.74) is 5.53. The van der Waals surface area contributed by atoms with Crippen LogP contribution in [0.25, 0.3) is 11.3 Å². The SMILES string of the molecule is Nc1ncc([N+](=O)[O-])c(-c2cc(Cl)ccc2Cl)n1. The fourth-order valence-corrected chi connectivity index (χ4v) is 1.78. The summed E-state index contributed by atoms with van der Waals surface area (Å²) in [5.74, 6) is -0.0772. The Kier molecular flexibility index (Phi) is 3.31. The smallest absolute Gasteiger partial charge is 0.313 e. The lowest BCUT2D eigenvalue weighted by Crippen LogP contribution is -2.01. The first-order valence-electron chi connectivity index (χ1n) is 4.71. The van der Waals surface area contributed by atoms with E-state index in [1.54, 1.807) is 6.07 Å². The third-order valence-electron chi connectivity index (χ3n) is 2.17. The van der Waals surface area contributed by atoms with Crippen LogP contribution in [0.5, 0.6) is 0 Å². The summed E-state index contributed by atoms with van der Waals surface area (Å²) < 4.78 is 0. The van der Waals surface area contributed by atoms with E-state index in [0.717, 1.165) is 6.20 Å². The Morgan fingerprint density at radius 3 is 2.72 bits per heavy atom. The molecule has 18 heavy (non-hydrogen) atoms. The first-order chi connectivity index (χ1) is 8.49. The van der Waals surface area contributed by atoms with Crippen molar-refractivity contribution in [3.8, 4) is 11.3 Å². The van der Waals surface area contributed by atoms with Crippen molar-refractivity contribution < 1.29 is 4.92 Å². The van der Waals surface area contributed by atoms with Crippen molar-refractivity contribution in [3.63, 3.8) is 0 Å². The Hall–Kier alpha value is -1.92. The average Bonchev–Trinajstić information content (AvgIpc) is 2.31. The van der Waals surface area contributed by atoms with Crippen molar-refractivity contribution in [1.29, 1.82) is 0 Å². The first-order valence-corrected chi connectivity index (χ1v) is 5.47. The summed E-state index contributed by atoms with van der Waals surface area (Å²) in [5, 5.41) is 11.6. The number of nitrogen functional groups attached to an aromatic ring is 1. The van der Waals surface area contributed by atoms with Crippen LogP contribution >= 0.6 is 23.2 Å². The summed E-state index contributed by atoms with van der Waals surface area (Å²) >= 11 is 11.8. The van der Waals surface area contributed by atoms with Crippen molar-refractivity contribution in [2.45, 2.75) is 0 Å². The second-order valence-corrected chi connectivity index (χ2v) is 4.19. The largest absolute Gasteiger partial charge is 0.368 e. The van der Waals surface area contributed by atoms with E-state index < -0.39 is 4.92 Å². The zero-order valence-electron chi connectivity index (χ0n) is 8.80. The molecule has 0 bridgehead atoms. The third kappa shape index (κ3) is 2.34. The molecule has 2 rings (SSSR count). The summed E-state index contributed by atoms with van der Waals surface area (Å²) in [6, 6.07) is 4.59. The number of benzene rings is 1. The number of nitro groups is 1. The lowest BCUT2D eigenvalue weighted by Gasteiger charge is -2.05. The lowest BCUT2D eigenvalue weighted by atomic mass is 10.1. The van der Waals surface area contributed by atoms with E-state index in [0.29, 0.717) is 15.6 Å². The van der Waals surface area contributed by atoms with Gasteiger partial charge in [-0.2, -0.15) is 0 Å². The Labute approximate surface area is 112 Å². The molecular formula is C10H6Cl2N4O2. The second kappa shape index (κ2) is 4.75. The van der Waals surface area contributed by atoms with Crippen LogP contribution in [0, 0.1) is 10.1 Å². The molecule has 0 radical (unpaired) electrons. The van der Waals surface area contributed by atoms with Gasteiger partial charge in [0, 0.05) is 10.6 Å². The number of hydrogen-bond donors (Lipinski definition) is 1. The number of anilines is 1. The third-order valence-corrected chi connectivity index (χ3v) is 2.73. The number of nitrogens with zero attached hydrogens (tertiary/aromatic N) is 3. The van der Waals surface area contributed by atoms with Gasteiger partial charge in [0.2, 0.25) is 5.95 Å². The minimum absolute atomic E-state index is 0.0417.